The van der Waals surface area contributed by atoms with Crippen LogP contribution < -0.4 is 0 Å². The first-order chi connectivity index (χ1) is 8.74. The monoisotopic (exact) mass is 246 g/mol. The minimum Gasteiger partial charge on any atom is -0.478 e. The van der Waals surface area contributed by atoms with Crippen molar-refractivity contribution in [3.8, 4) is 0 Å². The lowest BCUT2D eigenvalue weighted by Gasteiger charge is -2.09. The van der Waals surface area contributed by atoms with Crippen LogP contribution in [0.15, 0.2) is 24.5 Å². The zero-order valence-electron chi connectivity index (χ0n) is 9.87. The van der Waals surface area contributed by atoms with Crippen molar-refractivity contribution >= 4 is 17.0 Å². The Bertz CT molecular complexity index is 585. The predicted octanol–water partition coefficient (Wildman–Crippen LogP) is 1.77. The van der Waals surface area contributed by atoms with Crippen molar-refractivity contribution in [1.82, 2.24) is 9.55 Å². The van der Waals surface area contributed by atoms with Gasteiger partial charge in [-0.3, -0.25) is 0 Å². The Balaban J connectivity index is 1.95. The van der Waals surface area contributed by atoms with Crippen LogP contribution in [-0.2, 0) is 11.3 Å². The van der Waals surface area contributed by atoms with Crippen molar-refractivity contribution in [2.75, 3.05) is 13.2 Å². The highest BCUT2D eigenvalue weighted by molar-refractivity contribution is 5.92. The second-order valence-corrected chi connectivity index (χ2v) is 4.64. The molecular weight excluding hydrogens is 232 g/mol. The topological polar surface area (TPSA) is 64.3 Å². The van der Waals surface area contributed by atoms with Crippen molar-refractivity contribution in [2.45, 2.75) is 13.0 Å². The molecule has 1 aliphatic heterocycles. The summed E-state index contributed by atoms with van der Waals surface area (Å²) < 4.78 is 7.37. The molecule has 5 nitrogen and oxygen atoms in total. The van der Waals surface area contributed by atoms with Gasteiger partial charge in [0.05, 0.1) is 29.5 Å². The van der Waals surface area contributed by atoms with Gasteiger partial charge in [0.1, 0.15) is 0 Å². The van der Waals surface area contributed by atoms with E-state index in [4.69, 9.17) is 9.84 Å². The van der Waals surface area contributed by atoms with Gasteiger partial charge in [0.2, 0.25) is 0 Å². The van der Waals surface area contributed by atoms with Crippen molar-refractivity contribution in [3.63, 3.8) is 0 Å². The van der Waals surface area contributed by atoms with Gasteiger partial charge >= 0.3 is 5.97 Å². The minimum absolute atomic E-state index is 0.298. The molecule has 3 rings (SSSR count). The first-order valence-corrected chi connectivity index (χ1v) is 6.00. The van der Waals surface area contributed by atoms with E-state index in [0.29, 0.717) is 11.5 Å². The molecule has 0 bridgehead atoms. The van der Waals surface area contributed by atoms with Crippen LogP contribution in [0, 0.1) is 5.92 Å². The molecule has 0 spiro atoms. The Morgan fingerprint density at radius 3 is 3.17 bits per heavy atom. The number of carbonyl (C=O) groups is 1. The fourth-order valence-electron chi connectivity index (χ4n) is 2.34. The van der Waals surface area contributed by atoms with Crippen LogP contribution in [0.3, 0.4) is 0 Å². The van der Waals surface area contributed by atoms with E-state index in [-0.39, 0.29) is 0 Å². The number of imidazole rings is 1. The largest absolute Gasteiger partial charge is 0.478 e. The lowest BCUT2D eigenvalue weighted by atomic mass is 10.1. The van der Waals surface area contributed by atoms with Crippen LogP contribution in [0.1, 0.15) is 16.8 Å². The molecule has 1 aromatic heterocycles. The number of aromatic carboxylic acids is 1. The normalized spacial score (nSPS) is 19.4. The molecule has 0 unspecified atom stereocenters. The molecule has 1 N–H and O–H groups in total. The van der Waals surface area contributed by atoms with E-state index >= 15 is 0 Å². The molecule has 0 radical (unpaired) electrons. The molecule has 0 saturated carbocycles. The molecule has 18 heavy (non-hydrogen) atoms. The molecule has 1 saturated heterocycles. The number of fused-ring (bicyclic) bond motifs is 1. The van der Waals surface area contributed by atoms with Gasteiger partial charge in [-0.1, -0.05) is 0 Å². The number of aromatic nitrogens is 2. The van der Waals surface area contributed by atoms with Crippen LogP contribution >= 0.6 is 0 Å². The van der Waals surface area contributed by atoms with Crippen LogP contribution in [0.5, 0.6) is 0 Å². The van der Waals surface area contributed by atoms with Gasteiger partial charge in [0.15, 0.2) is 0 Å². The maximum Gasteiger partial charge on any atom is 0.335 e. The van der Waals surface area contributed by atoms with Gasteiger partial charge in [-0.25, -0.2) is 9.78 Å². The molecule has 94 valence electrons. The third-order valence-corrected chi connectivity index (χ3v) is 3.35. The second kappa shape index (κ2) is 4.42. The highest BCUT2D eigenvalue weighted by Crippen LogP contribution is 2.20. The maximum absolute atomic E-state index is 11.0. The van der Waals surface area contributed by atoms with Gasteiger partial charge < -0.3 is 14.4 Å². The van der Waals surface area contributed by atoms with Crippen LogP contribution in [0.25, 0.3) is 11.0 Å². The zero-order chi connectivity index (χ0) is 12.5. The molecule has 1 fully saturated rings. The van der Waals surface area contributed by atoms with E-state index in [9.17, 15) is 4.79 Å². The standard InChI is InChI=1S/C13H14N2O3/c16-13(17)10-1-2-11-12(5-10)15(8-14-11)6-9-3-4-18-7-9/h1-2,5,8-9H,3-4,6-7H2,(H,16,17)/t9-/m0/s1. The maximum atomic E-state index is 11.0. The van der Waals surface area contributed by atoms with Crippen LogP contribution in [-0.4, -0.2) is 33.8 Å². The van der Waals surface area contributed by atoms with Gasteiger partial charge in [0.25, 0.3) is 0 Å². The molecule has 1 aromatic carbocycles. The molecule has 1 atom stereocenters. The lowest BCUT2D eigenvalue weighted by molar-refractivity contribution is 0.0697. The number of benzene rings is 1. The summed E-state index contributed by atoms with van der Waals surface area (Å²) >= 11 is 0. The Hall–Kier alpha value is -1.88. The predicted molar refractivity (Wildman–Crippen MR) is 65.6 cm³/mol. The summed E-state index contributed by atoms with van der Waals surface area (Å²) in [6.07, 6.45) is 2.83. The van der Waals surface area contributed by atoms with E-state index in [1.807, 2.05) is 4.57 Å². The van der Waals surface area contributed by atoms with Crippen molar-refractivity contribution in [3.05, 3.63) is 30.1 Å². The first kappa shape index (κ1) is 11.2. The Kier molecular flexibility index (Phi) is 2.76. The van der Waals surface area contributed by atoms with Gasteiger partial charge in [-0.05, 0) is 24.6 Å². The molecule has 0 amide bonds. The first-order valence-electron chi connectivity index (χ1n) is 6.00. The van der Waals surface area contributed by atoms with Crippen molar-refractivity contribution in [1.29, 1.82) is 0 Å². The minimum atomic E-state index is -0.908. The average Bonchev–Trinajstić information content (AvgIpc) is 2.99. The Labute approximate surface area is 104 Å². The number of ether oxygens (including phenoxy) is 1. The summed E-state index contributed by atoms with van der Waals surface area (Å²) in [5.41, 5.74) is 2.01. The van der Waals surface area contributed by atoms with Crippen LogP contribution in [0.2, 0.25) is 0 Å². The number of carboxylic acids is 1. The molecular formula is C13H14N2O3. The molecule has 2 heterocycles. The van der Waals surface area contributed by atoms with E-state index in [1.165, 1.54) is 0 Å². The summed E-state index contributed by atoms with van der Waals surface area (Å²) in [6, 6.07) is 5.02. The number of rotatable bonds is 3. The SMILES string of the molecule is O=C(O)c1ccc2ncn(C[C@@H]3CCOC3)c2c1. The van der Waals surface area contributed by atoms with Gasteiger partial charge in [0, 0.05) is 19.1 Å². The highest BCUT2D eigenvalue weighted by atomic mass is 16.5. The summed E-state index contributed by atoms with van der Waals surface area (Å²) in [5, 5.41) is 9.01. The number of carboxylic acid groups (broad SMARTS) is 1. The zero-order valence-corrected chi connectivity index (χ0v) is 9.87. The Morgan fingerprint density at radius 2 is 2.44 bits per heavy atom. The van der Waals surface area contributed by atoms with Gasteiger partial charge in [-0.15, -0.1) is 0 Å². The summed E-state index contributed by atoms with van der Waals surface area (Å²) in [4.78, 5) is 15.3. The van der Waals surface area contributed by atoms with E-state index in [0.717, 1.165) is 37.2 Å². The summed E-state index contributed by atoms with van der Waals surface area (Å²) in [6.45, 7) is 2.43. The fourth-order valence-corrected chi connectivity index (χ4v) is 2.34. The summed E-state index contributed by atoms with van der Waals surface area (Å²) in [5.74, 6) is -0.412. The number of hydrogen-bond acceptors (Lipinski definition) is 3. The van der Waals surface area contributed by atoms with E-state index in [1.54, 1.807) is 24.5 Å². The summed E-state index contributed by atoms with van der Waals surface area (Å²) in [7, 11) is 0. The second-order valence-electron chi connectivity index (χ2n) is 4.64. The smallest absolute Gasteiger partial charge is 0.335 e. The molecule has 5 heteroatoms. The molecule has 0 aliphatic carbocycles. The third kappa shape index (κ3) is 1.97. The molecule has 1 aliphatic rings. The van der Waals surface area contributed by atoms with Crippen molar-refractivity contribution < 1.29 is 14.6 Å². The Morgan fingerprint density at radius 1 is 1.56 bits per heavy atom. The highest BCUT2D eigenvalue weighted by Gasteiger charge is 2.17. The van der Waals surface area contributed by atoms with Crippen molar-refractivity contribution in [2.24, 2.45) is 5.92 Å². The average molecular weight is 246 g/mol. The fraction of sp³-hybridized carbons (Fsp3) is 0.385. The van der Waals surface area contributed by atoms with E-state index in [2.05, 4.69) is 4.98 Å². The van der Waals surface area contributed by atoms with Crippen LogP contribution in [0.4, 0.5) is 0 Å². The number of nitrogens with zero attached hydrogens (tertiary/aromatic N) is 2. The molecule has 2 aromatic rings. The lowest BCUT2D eigenvalue weighted by Crippen LogP contribution is -2.09. The number of hydrogen-bond donors (Lipinski definition) is 1. The third-order valence-electron chi connectivity index (χ3n) is 3.35. The quantitative estimate of drug-likeness (QED) is 0.896. The van der Waals surface area contributed by atoms with Gasteiger partial charge in [-0.2, -0.15) is 0 Å². The van der Waals surface area contributed by atoms with E-state index < -0.39 is 5.97 Å².